The summed E-state index contributed by atoms with van der Waals surface area (Å²) in [4.78, 5) is 0. The Balaban J connectivity index is 1.09. The highest BCUT2D eigenvalue weighted by atomic mass is 28.5. The summed E-state index contributed by atoms with van der Waals surface area (Å²) in [5.41, 5.74) is 5.07. The molecule has 1 fully saturated rings. The maximum atomic E-state index is 8.83. The molecule has 0 saturated carbocycles. The molecule has 368 valence electrons. The zero-order chi connectivity index (χ0) is 51.3. The summed E-state index contributed by atoms with van der Waals surface area (Å²) in [5.74, 6) is 3.21. The maximum Gasteiger partial charge on any atom is 0.390 e. The Morgan fingerprint density at radius 3 is 0.935 bits per heavy atom. The second kappa shape index (κ2) is 19.4. The molecule has 0 aliphatic carbocycles. The van der Waals surface area contributed by atoms with Gasteiger partial charge in [-0.05, 0) is 88.3 Å². The van der Waals surface area contributed by atoms with Crippen molar-refractivity contribution in [2.45, 2.75) is 0 Å². The number of fused-ring (bicyclic) bond motifs is 4. The van der Waals surface area contributed by atoms with E-state index in [9.17, 15) is 0 Å². The fourth-order valence-corrected chi connectivity index (χ4v) is 34.2. The summed E-state index contributed by atoms with van der Waals surface area (Å²) < 4.78 is 48.9. The Morgan fingerprint density at radius 1 is 0.247 bits per heavy atom. The zero-order valence-electron chi connectivity index (χ0n) is 41.8. The van der Waals surface area contributed by atoms with E-state index in [0.29, 0.717) is 0 Å². The molecule has 0 unspecified atom stereocenters. The van der Waals surface area contributed by atoms with Crippen LogP contribution in [0.25, 0.3) is 11.1 Å². The van der Waals surface area contributed by atoms with Gasteiger partial charge in [0.05, 0.1) is 0 Å². The van der Waals surface area contributed by atoms with Crippen LogP contribution in [0.15, 0.2) is 297 Å². The lowest BCUT2D eigenvalue weighted by molar-refractivity contribution is 0.268. The van der Waals surface area contributed by atoms with E-state index in [4.69, 9.17) is 25.9 Å². The van der Waals surface area contributed by atoms with Gasteiger partial charge in [-0.3, -0.25) is 0 Å². The summed E-state index contributed by atoms with van der Waals surface area (Å²) in [7, 11) is -16.6. The van der Waals surface area contributed by atoms with E-state index in [1.54, 1.807) is 0 Å². The molecule has 0 amide bonds. The van der Waals surface area contributed by atoms with E-state index < -0.39 is 34.2 Å². The number of rotatable bonds is 9. The fraction of sp³-hybridized carbons (Fsp3) is 0. The highest BCUT2D eigenvalue weighted by Gasteiger charge is 2.68. The molecule has 77 heavy (non-hydrogen) atoms. The predicted molar refractivity (Wildman–Crippen MR) is 319 cm³/mol. The lowest BCUT2D eigenvalue weighted by Crippen LogP contribution is -2.88. The van der Waals surface area contributed by atoms with Gasteiger partial charge in [-0.2, -0.15) is 0 Å². The SMILES string of the molecule is c1ccc([Si]2(c3ccccc3)O[Si](c3ccccc3)(c3ccccc3)O[Si](c3ccccc3)(c3cccc(-c4ccc5c6c4Oc4ccccc4B6c4ccccc4O5)c3)O[Si](c3ccccc3)(c3ccccc3)O2)cc1. The first-order valence-corrected chi connectivity index (χ1v) is 33.3. The largest absolute Gasteiger partial charge is 0.458 e. The summed E-state index contributed by atoms with van der Waals surface area (Å²) in [5, 5.41) is 7.38. The summed E-state index contributed by atoms with van der Waals surface area (Å²) in [6.45, 7) is -0.0972. The Hall–Kier alpha value is -8.21. The summed E-state index contributed by atoms with van der Waals surface area (Å²) >= 11 is 0. The van der Waals surface area contributed by atoms with Crippen LogP contribution in [0.2, 0.25) is 0 Å². The van der Waals surface area contributed by atoms with E-state index in [1.807, 2.05) is 12.1 Å². The van der Waals surface area contributed by atoms with Crippen molar-refractivity contribution in [2.24, 2.45) is 0 Å². The molecule has 11 heteroatoms. The highest BCUT2D eigenvalue weighted by molar-refractivity contribution is 7.16. The third-order valence-corrected chi connectivity index (χ3v) is 33.0. The van der Waals surface area contributed by atoms with Gasteiger partial charge in [0, 0.05) is 11.0 Å². The molecule has 0 bridgehead atoms. The monoisotopic (exact) mass is 1060 g/mol. The van der Waals surface area contributed by atoms with Gasteiger partial charge >= 0.3 is 34.2 Å². The smallest absolute Gasteiger partial charge is 0.390 e. The molecule has 0 radical (unpaired) electrons. The van der Waals surface area contributed by atoms with Crippen molar-refractivity contribution in [1.29, 1.82) is 0 Å². The van der Waals surface area contributed by atoms with Crippen molar-refractivity contribution >= 4 is 98.8 Å². The van der Waals surface area contributed by atoms with Gasteiger partial charge in [0.25, 0.3) is 6.71 Å². The number of hydrogen-bond acceptors (Lipinski definition) is 6. The molecule has 6 nitrogen and oxygen atoms in total. The summed E-state index contributed by atoms with van der Waals surface area (Å²) in [6, 6.07) is 104. The quantitative estimate of drug-likeness (QED) is 0.140. The standard InChI is InChI=1S/C66H49BO6Si4/c1-8-28-51(29-9-1)74(52-30-10-2-11-31-52)70-75(53-32-12-3-13-33-53,54-34-14-4-15-35-54)72-77(57-40-20-7-21-41-57,73-76(71-74,55-36-16-5-17-37-55)56-38-18-6-19-39-56)58-42-26-27-50(49-58)59-47-48-64-65-66(59)69-63-46-25-23-44-61(63)67(65)60-43-22-24-45-62(60)68-64/h1-49H. The Bertz CT molecular complexity index is 3680. The van der Waals surface area contributed by atoms with E-state index >= 15 is 0 Å². The van der Waals surface area contributed by atoms with Gasteiger partial charge in [-0.15, -0.1) is 0 Å². The van der Waals surface area contributed by atoms with Crippen molar-refractivity contribution in [3.63, 3.8) is 0 Å². The van der Waals surface area contributed by atoms with Gasteiger partial charge in [-0.25, -0.2) is 0 Å². The summed E-state index contributed by atoms with van der Waals surface area (Å²) in [6.07, 6.45) is 0. The van der Waals surface area contributed by atoms with E-state index in [2.05, 4.69) is 285 Å². The average Bonchev–Trinajstić information content (AvgIpc) is 3.65. The molecule has 0 atom stereocenters. The minimum Gasteiger partial charge on any atom is -0.458 e. The van der Waals surface area contributed by atoms with E-state index in [0.717, 1.165) is 92.0 Å². The van der Waals surface area contributed by atoms with Crippen LogP contribution in [0.4, 0.5) is 0 Å². The van der Waals surface area contributed by atoms with Crippen LogP contribution in [0.3, 0.4) is 0 Å². The van der Waals surface area contributed by atoms with Crippen LogP contribution >= 0.6 is 0 Å². The third kappa shape index (κ3) is 7.90. The number of benzene rings is 11. The van der Waals surface area contributed by atoms with Gasteiger partial charge < -0.3 is 25.9 Å². The normalized spacial score (nSPS) is 16.2. The molecular weight excluding hydrogens is 1010 g/mol. The molecule has 3 heterocycles. The van der Waals surface area contributed by atoms with Crippen LogP contribution < -0.4 is 67.4 Å². The lowest BCUT2D eigenvalue weighted by atomic mass is 9.34. The molecule has 11 aromatic rings. The van der Waals surface area contributed by atoms with Gasteiger partial charge in [-0.1, -0.05) is 267 Å². The first-order chi connectivity index (χ1) is 38.1. The molecule has 0 aromatic heterocycles. The molecule has 11 aromatic carbocycles. The van der Waals surface area contributed by atoms with Crippen LogP contribution in [0.5, 0.6) is 23.0 Å². The molecule has 3 aliphatic rings. The zero-order valence-corrected chi connectivity index (χ0v) is 45.8. The first kappa shape index (κ1) is 47.3. The van der Waals surface area contributed by atoms with E-state index in [-0.39, 0.29) is 6.71 Å². The van der Waals surface area contributed by atoms with Gasteiger partial charge in [0.2, 0.25) is 0 Å². The molecule has 0 spiro atoms. The highest BCUT2D eigenvalue weighted by Crippen LogP contribution is 2.41. The van der Waals surface area contributed by atoms with Gasteiger partial charge in [0.15, 0.2) is 0 Å². The molecule has 0 N–H and O–H groups in total. The number of hydrogen-bond donors (Lipinski definition) is 0. The predicted octanol–water partition coefficient (Wildman–Crippen LogP) is 7.49. The molecular formula is C66H49BO6Si4. The van der Waals surface area contributed by atoms with Crippen molar-refractivity contribution in [2.75, 3.05) is 0 Å². The van der Waals surface area contributed by atoms with Crippen molar-refractivity contribution in [3.05, 3.63) is 297 Å². The van der Waals surface area contributed by atoms with Crippen molar-refractivity contribution in [1.82, 2.24) is 0 Å². The third-order valence-electron chi connectivity index (χ3n) is 15.1. The second-order valence-electron chi connectivity index (χ2n) is 19.6. The molecule has 14 rings (SSSR count). The van der Waals surface area contributed by atoms with Crippen LogP contribution in [0.1, 0.15) is 0 Å². The van der Waals surface area contributed by atoms with Crippen LogP contribution in [-0.2, 0) is 16.5 Å². The topological polar surface area (TPSA) is 55.4 Å². The lowest BCUT2D eigenvalue weighted by Gasteiger charge is -2.53. The minimum absolute atomic E-state index is 0.0972. The van der Waals surface area contributed by atoms with Crippen LogP contribution in [-0.4, -0.2) is 41.0 Å². The Kier molecular flexibility index (Phi) is 11.9. The minimum atomic E-state index is -4.28. The average molecular weight is 1060 g/mol. The second-order valence-corrected chi connectivity index (χ2v) is 32.4. The number of para-hydroxylation sites is 2. The Labute approximate surface area is 453 Å². The van der Waals surface area contributed by atoms with Crippen molar-refractivity contribution in [3.8, 4) is 34.1 Å². The maximum absolute atomic E-state index is 8.83. The molecule has 1 saturated heterocycles. The van der Waals surface area contributed by atoms with E-state index in [1.165, 1.54) is 0 Å². The fourth-order valence-electron chi connectivity index (χ4n) is 11.6. The van der Waals surface area contributed by atoms with Crippen LogP contribution in [0, 0.1) is 0 Å². The number of ether oxygens (including phenoxy) is 2. The van der Waals surface area contributed by atoms with Crippen molar-refractivity contribution < 1.29 is 25.9 Å². The Morgan fingerprint density at radius 2 is 0.558 bits per heavy atom. The first-order valence-electron chi connectivity index (χ1n) is 26.1. The van der Waals surface area contributed by atoms with Gasteiger partial charge in [0.1, 0.15) is 23.0 Å². The molecule has 3 aliphatic heterocycles.